The minimum atomic E-state index is -0.710. The zero-order valence-corrected chi connectivity index (χ0v) is 17.6. The van der Waals surface area contributed by atoms with Crippen LogP contribution in [0.4, 0.5) is 0 Å². The van der Waals surface area contributed by atoms with Gasteiger partial charge in [-0.15, -0.1) is 0 Å². The Kier molecular flexibility index (Phi) is 6.44. The second-order valence-corrected chi connectivity index (χ2v) is 7.12. The van der Waals surface area contributed by atoms with Crippen LogP contribution >= 0.6 is 15.9 Å². The van der Waals surface area contributed by atoms with E-state index < -0.39 is 6.10 Å². The van der Waals surface area contributed by atoms with Crippen LogP contribution in [-0.2, 0) is 9.53 Å². The highest BCUT2D eigenvalue weighted by Gasteiger charge is 2.20. The lowest BCUT2D eigenvalue weighted by molar-refractivity contribution is -0.131. The van der Waals surface area contributed by atoms with E-state index in [1.807, 2.05) is 62.4 Å². The summed E-state index contributed by atoms with van der Waals surface area (Å²) < 4.78 is 8.42. The number of aromatic nitrogens is 1. The van der Waals surface area contributed by atoms with Gasteiger partial charge in [0, 0.05) is 34.2 Å². The molecular weight excluding hydrogens is 418 g/mol. The number of amides is 1. The molecule has 1 heterocycles. The van der Waals surface area contributed by atoms with E-state index in [0.29, 0.717) is 0 Å². The number of benzene rings is 2. The number of hydrazone groups is 1. The van der Waals surface area contributed by atoms with E-state index in [4.69, 9.17) is 4.74 Å². The van der Waals surface area contributed by atoms with Crippen molar-refractivity contribution in [3.8, 4) is 5.69 Å². The molecule has 1 atom stereocenters. The van der Waals surface area contributed by atoms with Crippen molar-refractivity contribution < 1.29 is 9.53 Å². The van der Waals surface area contributed by atoms with E-state index in [1.165, 1.54) is 7.11 Å². The number of rotatable bonds is 6. The number of hydrogen-bond donors (Lipinski definition) is 1. The van der Waals surface area contributed by atoms with Crippen molar-refractivity contribution >= 4 is 28.1 Å². The highest BCUT2D eigenvalue weighted by Crippen LogP contribution is 2.29. The summed E-state index contributed by atoms with van der Waals surface area (Å²) in [6, 6.07) is 19.4. The van der Waals surface area contributed by atoms with Crippen molar-refractivity contribution in [3.05, 3.63) is 87.7 Å². The predicted octanol–water partition coefficient (Wildman–Crippen LogP) is 4.69. The highest BCUT2D eigenvalue weighted by atomic mass is 79.9. The Hall–Kier alpha value is -2.70. The first kappa shape index (κ1) is 20.0. The van der Waals surface area contributed by atoms with Crippen molar-refractivity contribution in [2.45, 2.75) is 20.0 Å². The van der Waals surface area contributed by atoms with Gasteiger partial charge in [0.2, 0.25) is 0 Å². The first-order valence-corrected chi connectivity index (χ1v) is 9.67. The summed E-state index contributed by atoms with van der Waals surface area (Å²) in [6.45, 7) is 4.06. The third-order valence-electron chi connectivity index (χ3n) is 4.57. The van der Waals surface area contributed by atoms with Crippen LogP contribution in [0.15, 0.2) is 70.2 Å². The summed E-state index contributed by atoms with van der Waals surface area (Å²) in [7, 11) is 1.50. The first-order valence-electron chi connectivity index (χ1n) is 8.88. The van der Waals surface area contributed by atoms with E-state index in [-0.39, 0.29) is 5.91 Å². The topological polar surface area (TPSA) is 55.6 Å². The second kappa shape index (κ2) is 8.99. The lowest BCUT2D eigenvalue weighted by atomic mass is 10.1. The third kappa shape index (κ3) is 4.08. The summed E-state index contributed by atoms with van der Waals surface area (Å²) in [4.78, 5) is 12.5. The van der Waals surface area contributed by atoms with Crippen molar-refractivity contribution in [2.24, 2.45) is 5.10 Å². The summed E-state index contributed by atoms with van der Waals surface area (Å²) in [6.07, 6.45) is 0.945. The van der Waals surface area contributed by atoms with E-state index in [0.717, 1.165) is 32.7 Å². The van der Waals surface area contributed by atoms with E-state index in [9.17, 15) is 4.79 Å². The molecule has 0 saturated heterocycles. The molecule has 0 aliphatic heterocycles. The Morgan fingerprint density at radius 1 is 1.07 bits per heavy atom. The molecule has 1 N–H and O–H groups in total. The molecule has 0 aliphatic carbocycles. The SMILES string of the molecule is CO[C@H](C(=O)N/N=C\c1c(Br)c(C)n(-c2ccccc2)c1C)c1ccccc1. The molecule has 0 aliphatic rings. The number of ether oxygens (including phenoxy) is 1. The van der Waals surface area contributed by atoms with Gasteiger partial charge >= 0.3 is 0 Å². The van der Waals surface area contributed by atoms with Crippen molar-refractivity contribution in [1.29, 1.82) is 0 Å². The number of para-hydroxylation sites is 1. The molecular formula is C22H22BrN3O2. The molecule has 2 aromatic carbocycles. The Bertz CT molecular complexity index is 982. The van der Waals surface area contributed by atoms with Gasteiger partial charge in [-0.2, -0.15) is 5.10 Å². The first-order chi connectivity index (χ1) is 13.5. The lowest BCUT2D eigenvalue weighted by Gasteiger charge is -2.13. The lowest BCUT2D eigenvalue weighted by Crippen LogP contribution is -2.26. The summed E-state index contributed by atoms with van der Waals surface area (Å²) in [5, 5.41) is 4.16. The number of halogens is 1. The molecule has 0 unspecified atom stereocenters. The van der Waals surface area contributed by atoms with Gasteiger partial charge in [-0.05, 0) is 47.5 Å². The third-order valence-corrected chi connectivity index (χ3v) is 5.57. The molecule has 0 bridgehead atoms. The molecule has 1 aromatic heterocycles. The fourth-order valence-corrected chi connectivity index (χ4v) is 3.75. The normalized spacial score (nSPS) is 12.3. The van der Waals surface area contributed by atoms with Gasteiger partial charge in [0.05, 0.1) is 6.21 Å². The van der Waals surface area contributed by atoms with Crippen LogP contribution in [0.5, 0.6) is 0 Å². The monoisotopic (exact) mass is 439 g/mol. The van der Waals surface area contributed by atoms with E-state index in [2.05, 4.69) is 43.2 Å². The molecule has 3 aromatic rings. The molecule has 0 saturated carbocycles. The number of nitrogens with zero attached hydrogens (tertiary/aromatic N) is 2. The zero-order valence-electron chi connectivity index (χ0n) is 16.0. The van der Waals surface area contributed by atoms with Gasteiger partial charge in [0.1, 0.15) is 0 Å². The minimum Gasteiger partial charge on any atom is -0.367 e. The van der Waals surface area contributed by atoms with Gasteiger partial charge in [-0.1, -0.05) is 48.5 Å². The predicted molar refractivity (Wildman–Crippen MR) is 115 cm³/mol. The van der Waals surface area contributed by atoms with Crippen LogP contribution in [0, 0.1) is 13.8 Å². The average Bonchev–Trinajstić information content (AvgIpc) is 2.93. The van der Waals surface area contributed by atoms with Crippen LogP contribution in [-0.4, -0.2) is 23.8 Å². The fraction of sp³-hybridized carbons (Fsp3) is 0.182. The molecule has 0 radical (unpaired) electrons. The molecule has 0 fully saturated rings. The Balaban J connectivity index is 1.80. The van der Waals surface area contributed by atoms with Gasteiger partial charge in [-0.3, -0.25) is 4.79 Å². The summed E-state index contributed by atoms with van der Waals surface area (Å²) in [5.74, 6) is -0.321. The number of methoxy groups -OCH3 is 1. The van der Waals surface area contributed by atoms with Crippen LogP contribution in [0.25, 0.3) is 5.69 Å². The maximum absolute atomic E-state index is 12.5. The van der Waals surface area contributed by atoms with Crippen LogP contribution in [0.1, 0.15) is 28.6 Å². The van der Waals surface area contributed by atoms with Crippen molar-refractivity contribution in [2.75, 3.05) is 7.11 Å². The summed E-state index contributed by atoms with van der Waals surface area (Å²) in [5.41, 5.74) is 7.44. The number of carbonyl (C=O) groups excluding carboxylic acids is 1. The van der Waals surface area contributed by atoms with Gasteiger partial charge in [0.15, 0.2) is 6.10 Å². The van der Waals surface area contributed by atoms with Crippen LogP contribution in [0.3, 0.4) is 0 Å². The Morgan fingerprint density at radius 2 is 1.68 bits per heavy atom. The molecule has 144 valence electrons. The molecule has 0 spiro atoms. The van der Waals surface area contributed by atoms with Gasteiger partial charge in [0.25, 0.3) is 5.91 Å². The number of nitrogens with one attached hydrogen (secondary N) is 1. The van der Waals surface area contributed by atoms with E-state index in [1.54, 1.807) is 6.21 Å². The Morgan fingerprint density at radius 3 is 2.29 bits per heavy atom. The molecule has 6 heteroatoms. The van der Waals surface area contributed by atoms with Crippen molar-refractivity contribution in [1.82, 2.24) is 9.99 Å². The standard InChI is InChI=1S/C22H22BrN3O2/c1-15-19(20(23)16(2)26(15)18-12-8-5-9-13-18)14-24-25-22(27)21(28-3)17-10-6-4-7-11-17/h4-14,21H,1-3H3,(H,25,27)/b24-14-/t21-/m0/s1. The number of carbonyl (C=O) groups is 1. The smallest absolute Gasteiger partial charge is 0.273 e. The maximum atomic E-state index is 12.5. The Labute approximate surface area is 173 Å². The average molecular weight is 440 g/mol. The van der Waals surface area contributed by atoms with E-state index >= 15 is 0 Å². The molecule has 1 amide bonds. The molecule has 3 rings (SSSR count). The number of hydrogen-bond acceptors (Lipinski definition) is 3. The molecule has 28 heavy (non-hydrogen) atoms. The molecule has 5 nitrogen and oxygen atoms in total. The van der Waals surface area contributed by atoms with Crippen molar-refractivity contribution in [3.63, 3.8) is 0 Å². The highest BCUT2D eigenvalue weighted by molar-refractivity contribution is 9.10. The minimum absolute atomic E-state index is 0.321. The summed E-state index contributed by atoms with van der Waals surface area (Å²) >= 11 is 3.65. The second-order valence-electron chi connectivity index (χ2n) is 6.33. The maximum Gasteiger partial charge on any atom is 0.273 e. The van der Waals surface area contributed by atoms with Gasteiger partial charge in [-0.25, -0.2) is 5.43 Å². The largest absolute Gasteiger partial charge is 0.367 e. The quantitative estimate of drug-likeness (QED) is 0.447. The fourth-order valence-electron chi connectivity index (χ4n) is 3.18. The van der Waals surface area contributed by atoms with Gasteiger partial charge < -0.3 is 9.30 Å². The van der Waals surface area contributed by atoms with Crippen LogP contribution in [0.2, 0.25) is 0 Å². The zero-order chi connectivity index (χ0) is 20.1. The van der Waals surface area contributed by atoms with Crippen LogP contribution < -0.4 is 5.43 Å².